The van der Waals surface area contributed by atoms with Gasteiger partial charge in [0.2, 0.25) is 0 Å². The van der Waals surface area contributed by atoms with Crippen LogP contribution < -0.4 is 5.32 Å². The van der Waals surface area contributed by atoms with Crippen LogP contribution in [0.25, 0.3) is 5.69 Å². The topological polar surface area (TPSA) is 90.1 Å². The van der Waals surface area contributed by atoms with Gasteiger partial charge in [-0.2, -0.15) is 5.10 Å². The van der Waals surface area contributed by atoms with Crippen molar-refractivity contribution in [3.63, 3.8) is 0 Å². The zero-order valence-electron chi connectivity index (χ0n) is 11.4. The van der Waals surface area contributed by atoms with Crippen molar-refractivity contribution in [3.05, 3.63) is 51.3 Å². The molecule has 0 fully saturated rings. The molecule has 7 nitrogen and oxygen atoms in total. The summed E-state index contributed by atoms with van der Waals surface area (Å²) in [5, 5.41) is 17.8. The highest BCUT2D eigenvalue weighted by Gasteiger charge is 2.19. The number of aromatic nitrogens is 2. The lowest BCUT2D eigenvalue weighted by atomic mass is 10.1. The van der Waals surface area contributed by atoms with Crippen LogP contribution in [-0.4, -0.2) is 27.7 Å². The van der Waals surface area contributed by atoms with Crippen molar-refractivity contribution in [1.29, 1.82) is 0 Å². The molecular formula is C13H14N4O3. The molecule has 0 atom stereocenters. The first-order valence-corrected chi connectivity index (χ1v) is 5.98. The lowest BCUT2D eigenvalue weighted by Gasteiger charge is -2.07. The number of nitrogens with one attached hydrogen (secondary N) is 1. The fraction of sp³-hybridized carbons (Fsp3) is 0.231. The Hall–Kier alpha value is -2.70. The Morgan fingerprint density at radius 3 is 2.55 bits per heavy atom. The number of rotatable bonds is 3. The largest absolute Gasteiger partial charge is 0.355 e. The molecule has 1 amide bonds. The average molecular weight is 274 g/mol. The summed E-state index contributed by atoms with van der Waals surface area (Å²) in [5.41, 5.74) is 2.05. The maximum absolute atomic E-state index is 11.7. The van der Waals surface area contributed by atoms with Gasteiger partial charge in [0, 0.05) is 24.4 Å². The molecule has 7 heteroatoms. The minimum absolute atomic E-state index is 0.0937. The highest BCUT2D eigenvalue weighted by atomic mass is 16.6. The van der Waals surface area contributed by atoms with E-state index in [0.29, 0.717) is 5.56 Å². The van der Waals surface area contributed by atoms with Gasteiger partial charge < -0.3 is 5.32 Å². The van der Waals surface area contributed by atoms with Gasteiger partial charge in [-0.1, -0.05) is 0 Å². The predicted molar refractivity (Wildman–Crippen MR) is 73.1 cm³/mol. The van der Waals surface area contributed by atoms with E-state index in [-0.39, 0.29) is 17.3 Å². The van der Waals surface area contributed by atoms with Crippen molar-refractivity contribution in [1.82, 2.24) is 15.1 Å². The van der Waals surface area contributed by atoms with Gasteiger partial charge in [0.15, 0.2) is 0 Å². The average Bonchev–Trinajstić information content (AvgIpc) is 2.75. The minimum Gasteiger partial charge on any atom is -0.355 e. The summed E-state index contributed by atoms with van der Waals surface area (Å²) in [4.78, 5) is 22.3. The number of hydrogen-bond donors (Lipinski definition) is 1. The van der Waals surface area contributed by atoms with Crippen LogP contribution >= 0.6 is 0 Å². The van der Waals surface area contributed by atoms with Crippen molar-refractivity contribution >= 4 is 11.6 Å². The van der Waals surface area contributed by atoms with Gasteiger partial charge in [-0.3, -0.25) is 14.9 Å². The third kappa shape index (κ3) is 2.37. The number of aryl methyl sites for hydroxylation is 2. The quantitative estimate of drug-likeness (QED) is 0.682. The maximum Gasteiger partial charge on any atom is 0.294 e. The molecule has 20 heavy (non-hydrogen) atoms. The van der Waals surface area contributed by atoms with Gasteiger partial charge in [-0.15, -0.1) is 0 Å². The fourth-order valence-corrected chi connectivity index (χ4v) is 2.01. The minimum atomic E-state index is -0.487. The van der Waals surface area contributed by atoms with Crippen molar-refractivity contribution in [3.8, 4) is 5.69 Å². The van der Waals surface area contributed by atoms with Crippen molar-refractivity contribution in [2.45, 2.75) is 13.8 Å². The van der Waals surface area contributed by atoms with Gasteiger partial charge in [0.05, 0.1) is 10.6 Å². The van der Waals surface area contributed by atoms with Crippen molar-refractivity contribution in [2.24, 2.45) is 0 Å². The first-order chi connectivity index (χ1) is 9.43. The molecule has 0 aliphatic carbocycles. The summed E-state index contributed by atoms with van der Waals surface area (Å²) < 4.78 is 1.47. The molecule has 0 spiro atoms. The molecule has 104 valence electrons. The number of hydrogen-bond acceptors (Lipinski definition) is 4. The maximum atomic E-state index is 11.7. The Bertz CT molecular complexity index is 691. The third-order valence-electron chi connectivity index (χ3n) is 2.90. The van der Waals surface area contributed by atoms with Crippen LogP contribution in [0.1, 0.15) is 21.7 Å². The van der Waals surface area contributed by atoms with E-state index in [1.165, 1.54) is 29.9 Å². The van der Waals surface area contributed by atoms with Crippen LogP contribution in [0.4, 0.5) is 5.69 Å². The molecule has 1 aromatic carbocycles. The number of benzene rings is 1. The zero-order valence-corrected chi connectivity index (χ0v) is 11.4. The number of amides is 1. The van der Waals surface area contributed by atoms with E-state index in [1.807, 2.05) is 6.07 Å². The van der Waals surface area contributed by atoms with E-state index >= 15 is 0 Å². The normalized spacial score (nSPS) is 10.3. The highest BCUT2D eigenvalue weighted by molar-refractivity contribution is 5.95. The van der Waals surface area contributed by atoms with Crippen LogP contribution in [-0.2, 0) is 0 Å². The molecule has 0 aliphatic rings. The Balaban J connectivity index is 2.67. The Kier molecular flexibility index (Phi) is 3.51. The SMILES string of the molecule is CNC(=O)c1ccc([N+](=O)[O-])c(-n2nc(C)cc2C)c1. The van der Waals surface area contributed by atoms with Crippen molar-refractivity contribution in [2.75, 3.05) is 7.05 Å². The second-order valence-corrected chi connectivity index (χ2v) is 4.38. The van der Waals surface area contributed by atoms with E-state index in [9.17, 15) is 14.9 Å². The molecule has 1 heterocycles. The van der Waals surface area contributed by atoms with Crippen LogP contribution in [0.5, 0.6) is 0 Å². The van der Waals surface area contributed by atoms with E-state index in [2.05, 4.69) is 10.4 Å². The number of carbonyl (C=O) groups is 1. The monoisotopic (exact) mass is 274 g/mol. The van der Waals surface area contributed by atoms with Gasteiger partial charge in [0.1, 0.15) is 5.69 Å². The molecule has 1 N–H and O–H groups in total. The molecule has 2 aromatic rings. The molecule has 0 unspecified atom stereocenters. The first-order valence-electron chi connectivity index (χ1n) is 5.98. The van der Waals surface area contributed by atoms with E-state index in [1.54, 1.807) is 13.8 Å². The summed E-state index contributed by atoms with van der Waals surface area (Å²) in [6.45, 7) is 3.61. The lowest BCUT2D eigenvalue weighted by molar-refractivity contribution is -0.384. The molecule has 2 rings (SSSR count). The number of nitro groups is 1. The summed E-state index contributed by atoms with van der Waals surface area (Å²) >= 11 is 0. The highest BCUT2D eigenvalue weighted by Crippen LogP contribution is 2.25. The van der Waals surface area contributed by atoms with Gasteiger partial charge >= 0.3 is 0 Å². The van der Waals surface area contributed by atoms with Crippen LogP contribution in [0.2, 0.25) is 0 Å². The summed E-state index contributed by atoms with van der Waals surface area (Å²) in [6, 6.07) is 6.02. The molecule has 0 saturated heterocycles. The Morgan fingerprint density at radius 2 is 2.05 bits per heavy atom. The van der Waals surface area contributed by atoms with E-state index in [0.717, 1.165) is 11.4 Å². The number of nitro benzene ring substituents is 1. The molecule has 0 saturated carbocycles. The smallest absolute Gasteiger partial charge is 0.294 e. The van der Waals surface area contributed by atoms with E-state index in [4.69, 9.17) is 0 Å². The van der Waals surface area contributed by atoms with E-state index < -0.39 is 4.92 Å². The first kappa shape index (κ1) is 13.7. The Labute approximate surface area is 115 Å². The fourth-order valence-electron chi connectivity index (χ4n) is 2.01. The van der Waals surface area contributed by atoms with Crippen molar-refractivity contribution < 1.29 is 9.72 Å². The molecule has 0 radical (unpaired) electrons. The summed E-state index contributed by atoms with van der Waals surface area (Å²) in [5.74, 6) is -0.303. The number of nitrogens with zero attached hydrogens (tertiary/aromatic N) is 3. The lowest BCUT2D eigenvalue weighted by Crippen LogP contribution is -2.18. The van der Waals surface area contributed by atoms with Crippen LogP contribution in [0.15, 0.2) is 24.3 Å². The van der Waals surface area contributed by atoms with Crippen LogP contribution in [0, 0.1) is 24.0 Å². The standard InChI is InChI=1S/C13H14N4O3/c1-8-6-9(2)16(15-8)12-7-10(13(18)14-3)4-5-11(12)17(19)20/h4-7H,1-3H3,(H,14,18). The second-order valence-electron chi connectivity index (χ2n) is 4.38. The summed E-state index contributed by atoms with van der Waals surface area (Å²) in [7, 11) is 1.51. The molecule has 1 aromatic heterocycles. The second kappa shape index (κ2) is 5.12. The molecular weight excluding hydrogens is 260 g/mol. The third-order valence-corrected chi connectivity index (χ3v) is 2.90. The Morgan fingerprint density at radius 1 is 1.35 bits per heavy atom. The summed E-state index contributed by atoms with van der Waals surface area (Å²) in [6.07, 6.45) is 0. The van der Waals surface area contributed by atoms with Gasteiger partial charge in [0.25, 0.3) is 11.6 Å². The van der Waals surface area contributed by atoms with Crippen LogP contribution in [0.3, 0.4) is 0 Å². The zero-order chi connectivity index (χ0) is 14.9. The molecule has 0 aliphatic heterocycles. The number of carbonyl (C=O) groups excluding carboxylic acids is 1. The predicted octanol–water partition coefficient (Wildman–Crippen LogP) is 1.76. The van der Waals surface area contributed by atoms with Gasteiger partial charge in [-0.05, 0) is 32.0 Å². The van der Waals surface area contributed by atoms with Gasteiger partial charge in [-0.25, -0.2) is 4.68 Å². The molecule has 0 bridgehead atoms.